The van der Waals surface area contributed by atoms with Gasteiger partial charge in [-0.2, -0.15) is 0 Å². The van der Waals surface area contributed by atoms with Crippen LogP contribution in [0.3, 0.4) is 0 Å². The van der Waals surface area contributed by atoms with Gasteiger partial charge >= 0.3 is 0 Å². The van der Waals surface area contributed by atoms with E-state index in [-0.39, 0.29) is 36.4 Å². The lowest BCUT2D eigenvalue weighted by Crippen LogP contribution is -2.46. The number of carbonyl (C=O) groups is 2. The predicted octanol–water partition coefficient (Wildman–Crippen LogP) is 1.60. The highest BCUT2D eigenvalue weighted by Gasteiger charge is 2.27. The van der Waals surface area contributed by atoms with Crippen molar-refractivity contribution < 1.29 is 23.1 Å². The van der Waals surface area contributed by atoms with E-state index in [1.165, 1.54) is 0 Å². The van der Waals surface area contributed by atoms with Crippen LogP contribution in [0, 0.1) is 13.8 Å². The molecule has 0 spiro atoms. The summed E-state index contributed by atoms with van der Waals surface area (Å²) in [5.74, 6) is -0.416. The second-order valence-corrected chi connectivity index (χ2v) is 11.4. The molecule has 0 saturated carbocycles. The first-order valence-corrected chi connectivity index (χ1v) is 13.1. The summed E-state index contributed by atoms with van der Waals surface area (Å²) in [6.45, 7) is 4.65. The molecule has 0 aliphatic carbocycles. The maximum absolute atomic E-state index is 12.9. The zero-order valence-electron chi connectivity index (χ0n) is 18.9. The zero-order valence-corrected chi connectivity index (χ0v) is 20.5. The van der Waals surface area contributed by atoms with Gasteiger partial charge in [0.25, 0.3) is 11.8 Å². The quantitative estimate of drug-likeness (QED) is 0.440. The van der Waals surface area contributed by atoms with E-state index < -0.39 is 15.9 Å². The summed E-state index contributed by atoms with van der Waals surface area (Å²) in [7, 11) is -2.98. The smallest absolute Gasteiger partial charge is 0.256 e. The van der Waals surface area contributed by atoms with Crippen LogP contribution in [0.15, 0.2) is 18.2 Å². The third kappa shape index (κ3) is 5.20. The molecule has 3 heterocycles. The Balaban J connectivity index is 1.44. The van der Waals surface area contributed by atoms with Crippen molar-refractivity contribution >= 4 is 50.6 Å². The molecule has 0 unspecified atom stereocenters. The van der Waals surface area contributed by atoms with Crippen LogP contribution in [0.1, 0.15) is 32.9 Å². The number of hydrogen-bond acceptors (Lipinski definition) is 6. The number of amides is 2. The van der Waals surface area contributed by atoms with Crippen molar-refractivity contribution in [3.63, 3.8) is 0 Å². The van der Waals surface area contributed by atoms with Gasteiger partial charge in [0.2, 0.25) is 0 Å². The van der Waals surface area contributed by atoms with Gasteiger partial charge in [-0.25, -0.2) is 8.42 Å². The molecule has 2 amide bonds. The Morgan fingerprint density at radius 2 is 2.00 bits per heavy atom. The minimum absolute atomic E-state index is 0.0385. The number of aliphatic hydroxyl groups excluding tert-OH is 1. The van der Waals surface area contributed by atoms with Gasteiger partial charge < -0.3 is 20.7 Å². The minimum atomic E-state index is -2.98. The molecule has 0 bridgehead atoms. The van der Waals surface area contributed by atoms with Crippen molar-refractivity contribution in [3.8, 4) is 0 Å². The second kappa shape index (κ2) is 9.53. The average Bonchev–Trinajstić information content (AvgIpc) is 3.23. The maximum atomic E-state index is 12.9. The lowest BCUT2D eigenvalue weighted by Gasteiger charge is -2.28. The largest absolute Gasteiger partial charge is 0.390 e. The molecule has 1 saturated heterocycles. The normalized spacial score (nSPS) is 19.6. The fourth-order valence-electron chi connectivity index (χ4n) is 4.30. The van der Waals surface area contributed by atoms with Crippen molar-refractivity contribution in [2.75, 3.05) is 43.0 Å². The Bertz CT molecular complexity index is 1270. The number of aliphatic hydroxyl groups is 1. The van der Waals surface area contributed by atoms with E-state index >= 15 is 0 Å². The number of nitrogens with zero attached hydrogens (tertiary/aromatic N) is 1. The number of benzene rings is 1. The molecule has 1 fully saturated rings. The van der Waals surface area contributed by atoms with Gasteiger partial charge in [-0.1, -0.05) is 11.6 Å². The SMILES string of the molecule is Cc1[nH]c(C=C2C(=O)Nc3ccc(Cl)cc32)c(C)c1C(=O)NC[C@H](O)CN1CCS(=O)(=O)CC1. The Morgan fingerprint density at radius 1 is 1.29 bits per heavy atom. The molecule has 1 atom stereocenters. The third-order valence-corrected chi connectivity index (χ3v) is 8.01. The van der Waals surface area contributed by atoms with E-state index in [1.807, 2.05) is 4.90 Å². The van der Waals surface area contributed by atoms with Crippen LogP contribution < -0.4 is 10.6 Å². The first-order valence-electron chi connectivity index (χ1n) is 11.0. The van der Waals surface area contributed by atoms with E-state index in [2.05, 4.69) is 15.6 Å². The van der Waals surface area contributed by atoms with Crippen LogP contribution in [-0.4, -0.2) is 79.0 Å². The molecule has 2 aromatic rings. The molecule has 34 heavy (non-hydrogen) atoms. The number of carbonyl (C=O) groups excluding carboxylic acids is 2. The fraction of sp³-hybridized carbons (Fsp3) is 0.391. The van der Waals surface area contributed by atoms with Crippen LogP contribution in [0.25, 0.3) is 11.6 Å². The van der Waals surface area contributed by atoms with Gasteiger partial charge in [0.15, 0.2) is 9.84 Å². The summed E-state index contributed by atoms with van der Waals surface area (Å²) >= 11 is 6.10. The molecular weight excluding hydrogens is 480 g/mol. The number of hydrogen-bond donors (Lipinski definition) is 4. The van der Waals surface area contributed by atoms with Crippen molar-refractivity contribution in [1.29, 1.82) is 0 Å². The molecule has 11 heteroatoms. The molecule has 4 N–H and O–H groups in total. The maximum Gasteiger partial charge on any atom is 0.256 e. The predicted molar refractivity (Wildman–Crippen MR) is 132 cm³/mol. The first kappa shape index (κ1) is 24.5. The van der Waals surface area contributed by atoms with Crippen molar-refractivity contribution in [2.45, 2.75) is 20.0 Å². The summed E-state index contributed by atoms with van der Waals surface area (Å²) in [5.41, 5.74) is 4.24. The number of aryl methyl sites for hydroxylation is 1. The van der Waals surface area contributed by atoms with E-state index in [0.717, 1.165) is 0 Å². The number of nitrogens with one attached hydrogen (secondary N) is 3. The Morgan fingerprint density at radius 3 is 2.71 bits per heavy atom. The minimum Gasteiger partial charge on any atom is -0.390 e. The molecular formula is C23H27ClN4O5S. The molecule has 4 rings (SSSR count). The van der Waals surface area contributed by atoms with E-state index in [4.69, 9.17) is 11.6 Å². The molecule has 1 aromatic heterocycles. The lowest BCUT2D eigenvalue weighted by molar-refractivity contribution is -0.110. The Hall–Kier alpha value is -2.66. The molecule has 182 valence electrons. The summed E-state index contributed by atoms with van der Waals surface area (Å²) < 4.78 is 23.1. The van der Waals surface area contributed by atoms with Gasteiger partial charge in [-0.15, -0.1) is 0 Å². The molecule has 1 aromatic carbocycles. The number of aromatic amines is 1. The Kier molecular flexibility index (Phi) is 6.86. The third-order valence-electron chi connectivity index (χ3n) is 6.16. The number of rotatable bonds is 6. The lowest BCUT2D eigenvalue weighted by atomic mass is 10.0. The zero-order chi connectivity index (χ0) is 24.6. The molecule has 2 aliphatic heterocycles. The summed E-state index contributed by atoms with van der Waals surface area (Å²) in [6.07, 6.45) is 0.880. The van der Waals surface area contributed by atoms with E-state index in [0.29, 0.717) is 57.5 Å². The summed E-state index contributed by atoms with van der Waals surface area (Å²) in [4.78, 5) is 30.4. The van der Waals surface area contributed by atoms with Crippen LogP contribution in [0.5, 0.6) is 0 Å². The second-order valence-electron chi connectivity index (χ2n) is 8.68. The van der Waals surface area contributed by atoms with Crippen LogP contribution >= 0.6 is 11.6 Å². The number of anilines is 1. The van der Waals surface area contributed by atoms with E-state index in [1.54, 1.807) is 38.1 Å². The van der Waals surface area contributed by atoms with Crippen molar-refractivity contribution in [1.82, 2.24) is 15.2 Å². The summed E-state index contributed by atoms with van der Waals surface area (Å²) in [5, 5.41) is 16.4. The highest BCUT2D eigenvalue weighted by molar-refractivity contribution is 7.91. The number of fused-ring (bicyclic) bond motifs is 1. The fourth-order valence-corrected chi connectivity index (χ4v) is 5.75. The van der Waals surface area contributed by atoms with Crippen LogP contribution in [0.2, 0.25) is 5.02 Å². The van der Waals surface area contributed by atoms with Crippen LogP contribution in [-0.2, 0) is 14.6 Å². The van der Waals surface area contributed by atoms with Gasteiger partial charge in [-0.3, -0.25) is 14.5 Å². The first-order chi connectivity index (χ1) is 16.0. The number of β-amino-alcohol motifs (C(OH)–C–C–N with tert-alkyl or cyclic N) is 1. The van der Waals surface area contributed by atoms with Crippen molar-refractivity contribution in [3.05, 3.63) is 51.3 Å². The van der Waals surface area contributed by atoms with Gasteiger partial charge in [0, 0.05) is 53.8 Å². The van der Waals surface area contributed by atoms with E-state index in [9.17, 15) is 23.1 Å². The number of H-pyrrole nitrogens is 1. The monoisotopic (exact) mass is 506 g/mol. The van der Waals surface area contributed by atoms with Crippen LogP contribution in [0.4, 0.5) is 5.69 Å². The summed E-state index contributed by atoms with van der Waals surface area (Å²) in [6, 6.07) is 5.17. The standard InChI is InChI=1S/C23H27ClN4O5S/c1-13-20(10-18-17-9-15(24)3-4-19(17)27-22(18)30)26-14(2)21(13)23(31)25-11-16(29)12-28-5-7-34(32,33)8-6-28/h3-4,9-10,16,26,29H,5-8,11-12H2,1-2H3,(H,25,31)(H,27,30)/t16-/m0/s1. The van der Waals surface area contributed by atoms with Gasteiger partial charge in [0.1, 0.15) is 0 Å². The molecule has 2 aliphatic rings. The number of halogens is 1. The van der Waals surface area contributed by atoms with Gasteiger partial charge in [-0.05, 0) is 43.7 Å². The topological polar surface area (TPSA) is 132 Å². The van der Waals surface area contributed by atoms with Crippen molar-refractivity contribution in [2.24, 2.45) is 0 Å². The highest BCUT2D eigenvalue weighted by Crippen LogP contribution is 2.35. The highest BCUT2D eigenvalue weighted by atomic mass is 35.5. The average molecular weight is 507 g/mol. The number of sulfone groups is 1. The number of aromatic nitrogens is 1. The Labute approximate surface area is 203 Å². The van der Waals surface area contributed by atoms with Gasteiger partial charge in [0.05, 0.1) is 28.7 Å². The molecule has 9 nitrogen and oxygen atoms in total. The molecule has 0 radical (unpaired) electrons.